The molecule has 0 spiro atoms. The molecule has 0 aromatic heterocycles. The Morgan fingerprint density at radius 3 is 2.37 bits per heavy atom. The molecule has 0 bridgehead atoms. The maximum absolute atomic E-state index is 11.5. The fraction of sp³-hybridized carbons (Fsp3) is 0.455. The second kappa shape index (κ2) is 4.77. The monoisotopic (exact) mass is 304 g/mol. The van der Waals surface area contributed by atoms with Gasteiger partial charge in [0.05, 0.1) is 12.5 Å². The zero-order chi connectivity index (χ0) is 14.3. The van der Waals surface area contributed by atoms with Crippen molar-refractivity contribution >= 4 is 25.7 Å². The van der Waals surface area contributed by atoms with Crippen LogP contribution in [0.4, 0.5) is 5.69 Å². The third kappa shape index (κ3) is 3.68. The minimum atomic E-state index is -3.33. The Kier molecular flexibility index (Phi) is 3.59. The number of nitrogens with one attached hydrogen (secondary N) is 1. The molecule has 0 saturated heterocycles. The van der Waals surface area contributed by atoms with Gasteiger partial charge in [-0.15, -0.1) is 0 Å². The first-order chi connectivity index (χ1) is 8.65. The largest absolute Gasteiger partial charge is 0.284 e. The smallest absolute Gasteiger partial charge is 0.229 e. The average molecular weight is 304 g/mol. The zero-order valence-electron chi connectivity index (χ0n) is 10.8. The number of hydrogen-bond donors (Lipinski definition) is 1. The van der Waals surface area contributed by atoms with Crippen molar-refractivity contribution in [3.8, 4) is 0 Å². The summed E-state index contributed by atoms with van der Waals surface area (Å²) >= 11 is 0. The van der Waals surface area contributed by atoms with Gasteiger partial charge in [0.1, 0.15) is 0 Å². The van der Waals surface area contributed by atoms with E-state index in [1.807, 2.05) is 6.07 Å². The van der Waals surface area contributed by atoms with E-state index in [0.717, 1.165) is 17.4 Å². The molecular weight excluding hydrogens is 288 g/mol. The summed E-state index contributed by atoms with van der Waals surface area (Å²) in [5.41, 5.74) is 2.35. The molecule has 6 nitrogen and oxygen atoms in total. The molecule has 0 aliphatic carbocycles. The number of hydrogen-bond acceptors (Lipinski definition) is 4. The van der Waals surface area contributed by atoms with E-state index in [4.69, 9.17) is 0 Å². The van der Waals surface area contributed by atoms with Gasteiger partial charge in [-0.05, 0) is 29.7 Å². The van der Waals surface area contributed by atoms with Gasteiger partial charge in [-0.3, -0.25) is 4.72 Å². The highest BCUT2D eigenvalue weighted by Gasteiger charge is 2.23. The first-order valence-electron chi connectivity index (χ1n) is 5.70. The van der Waals surface area contributed by atoms with Crippen molar-refractivity contribution in [1.29, 1.82) is 0 Å². The topological polar surface area (TPSA) is 83.6 Å². The van der Waals surface area contributed by atoms with Crippen molar-refractivity contribution in [2.75, 3.05) is 23.8 Å². The van der Waals surface area contributed by atoms with Crippen LogP contribution in [-0.4, -0.2) is 40.2 Å². The molecule has 8 heteroatoms. The number of fused-ring (bicyclic) bond motifs is 1. The standard InChI is InChI=1S/C11H16N2O4S2/c1-18(14,15)12-11-4-3-9-5-6-13(19(2,16)17)8-10(9)7-11/h3-4,7,12H,5-6,8H2,1-2H3. The fourth-order valence-electron chi connectivity index (χ4n) is 2.09. The van der Waals surface area contributed by atoms with Crippen molar-refractivity contribution in [1.82, 2.24) is 4.31 Å². The van der Waals surface area contributed by atoms with Gasteiger partial charge >= 0.3 is 0 Å². The third-order valence-corrected chi connectivity index (χ3v) is 4.81. The Morgan fingerprint density at radius 2 is 1.79 bits per heavy atom. The molecule has 1 heterocycles. The van der Waals surface area contributed by atoms with Crippen LogP contribution in [0.3, 0.4) is 0 Å². The molecule has 0 amide bonds. The first kappa shape index (κ1) is 14.3. The third-order valence-electron chi connectivity index (χ3n) is 2.96. The molecule has 19 heavy (non-hydrogen) atoms. The van der Waals surface area contributed by atoms with Crippen LogP contribution < -0.4 is 4.72 Å². The van der Waals surface area contributed by atoms with E-state index in [-0.39, 0.29) is 6.54 Å². The van der Waals surface area contributed by atoms with Crippen LogP contribution in [-0.2, 0) is 33.0 Å². The highest BCUT2D eigenvalue weighted by atomic mass is 32.2. The molecule has 0 radical (unpaired) electrons. The molecule has 0 saturated carbocycles. The van der Waals surface area contributed by atoms with Gasteiger partial charge in [-0.2, -0.15) is 4.31 Å². The maximum Gasteiger partial charge on any atom is 0.229 e. The minimum absolute atomic E-state index is 0.285. The van der Waals surface area contributed by atoms with Crippen molar-refractivity contribution in [2.24, 2.45) is 0 Å². The summed E-state index contributed by atoms with van der Waals surface area (Å²) in [6.45, 7) is 0.748. The molecule has 1 aliphatic rings. The minimum Gasteiger partial charge on any atom is -0.284 e. The van der Waals surface area contributed by atoms with Crippen LogP contribution >= 0.6 is 0 Å². The molecule has 2 rings (SSSR count). The fourth-order valence-corrected chi connectivity index (χ4v) is 3.44. The van der Waals surface area contributed by atoms with E-state index in [9.17, 15) is 16.8 Å². The molecule has 1 aromatic rings. The highest BCUT2D eigenvalue weighted by molar-refractivity contribution is 7.92. The normalized spacial score (nSPS) is 16.9. The van der Waals surface area contributed by atoms with E-state index in [1.165, 1.54) is 10.6 Å². The predicted molar refractivity (Wildman–Crippen MR) is 73.9 cm³/mol. The summed E-state index contributed by atoms with van der Waals surface area (Å²) in [6.07, 6.45) is 2.90. The molecule has 0 fully saturated rings. The van der Waals surface area contributed by atoms with Crippen LogP contribution in [0.2, 0.25) is 0 Å². The Morgan fingerprint density at radius 1 is 1.11 bits per heavy atom. The van der Waals surface area contributed by atoms with Gasteiger partial charge < -0.3 is 0 Å². The van der Waals surface area contributed by atoms with Crippen LogP contribution in [0.15, 0.2) is 18.2 Å². The summed E-state index contributed by atoms with van der Waals surface area (Å²) in [6, 6.07) is 5.21. The quantitative estimate of drug-likeness (QED) is 0.875. The van der Waals surface area contributed by atoms with Crippen molar-refractivity contribution in [3.63, 3.8) is 0 Å². The molecule has 1 N–H and O–H groups in total. The van der Waals surface area contributed by atoms with Gasteiger partial charge in [-0.1, -0.05) is 6.07 Å². The Labute approximate surface area is 113 Å². The Hall–Kier alpha value is -1.12. The second-order valence-electron chi connectivity index (χ2n) is 4.70. The van der Waals surface area contributed by atoms with Gasteiger partial charge in [0.2, 0.25) is 20.0 Å². The van der Waals surface area contributed by atoms with Gasteiger partial charge in [0, 0.05) is 18.8 Å². The Bertz CT molecular complexity index is 695. The number of benzene rings is 1. The number of anilines is 1. The molecule has 1 aromatic carbocycles. The van der Waals surface area contributed by atoms with E-state index >= 15 is 0 Å². The lowest BCUT2D eigenvalue weighted by Crippen LogP contribution is -2.35. The SMILES string of the molecule is CS(=O)(=O)Nc1ccc2c(c1)CN(S(C)(=O)=O)CC2. The van der Waals surface area contributed by atoms with Crippen LogP contribution in [0.25, 0.3) is 0 Å². The van der Waals surface area contributed by atoms with Crippen molar-refractivity contribution in [3.05, 3.63) is 29.3 Å². The maximum atomic E-state index is 11.5. The lowest BCUT2D eigenvalue weighted by molar-refractivity contribution is 0.395. The van der Waals surface area contributed by atoms with Crippen LogP contribution in [0, 0.1) is 0 Å². The summed E-state index contributed by atoms with van der Waals surface area (Å²) in [7, 11) is -6.55. The summed E-state index contributed by atoms with van der Waals surface area (Å²) < 4.78 is 49.2. The summed E-state index contributed by atoms with van der Waals surface area (Å²) in [5.74, 6) is 0. The second-order valence-corrected chi connectivity index (χ2v) is 8.44. The number of nitrogens with zero attached hydrogens (tertiary/aromatic N) is 1. The summed E-state index contributed by atoms with van der Waals surface area (Å²) in [4.78, 5) is 0. The van der Waals surface area contributed by atoms with Crippen LogP contribution in [0.5, 0.6) is 0 Å². The first-order valence-corrected chi connectivity index (χ1v) is 9.44. The predicted octanol–water partition coefficient (Wildman–Crippen LogP) is 0.376. The Balaban J connectivity index is 2.30. The van der Waals surface area contributed by atoms with E-state index in [0.29, 0.717) is 18.7 Å². The zero-order valence-corrected chi connectivity index (χ0v) is 12.4. The van der Waals surface area contributed by atoms with Crippen molar-refractivity contribution in [2.45, 2.75) is 13.0 Å². The van der Waals surface area contributed by atoms with Gasteiger partial charge in [-0.25, -0.2) is 16.8 Å². The average Bonchev–Trinajstić information content (AvgIpc) is 2.24. The van der Waals surface area contributed by atoms with E-state index in [2.05, 4.69) is 4.72 Å². The highest BCUT2D eigenvalue weighted by Crippen LogP contribution is 2.24. The van der Waals surface area contributed by atoms with E-state index < -0.39 is 20.0 Å². The number of rotatable bonds is 3. The molecule has 106 valence electrons. The summed E-state index contributed by atoms with van der Waals surface area (Å²) in [5, 5.41) is 0. The van der Waals surface area contributed by atoms with Crippen LogP contribution in [0.1, 0.15) is 11.1 Å². The lowest BCUT2D eigenvalue weighted by Gasteiger charge is -2.27. The molecule has 1 aliphatic heterocycles. The van der Waals surface area contributed by atoms with E-state index in [1.54, 1.807) is 12.1 Å². The molecule has 0 unspecified atom stereocenters. The van der Waals surface area contributed by atoms with Gasteiger partial charge in [0.25, 0.3) is 0 Å². The van der Waals surface area contributed by atoms with Crippen molar-refractivity contribution < 1.29 is 16.8 Å². The van der Waals surface area contributed by atoms with Gasteiger partial charge in [0.15, 0.2) is 0 Å². The lowest BCUT2D eigenvalue weighted by atomic mass is 10.0. The number of sulfonamides is 2. The molecule has 0 atom stereocenters. The molecular formula is C11H16N2O4S2.